The van der Waals surface area contributed by atoms with Crippen LogP contribution in [0, 0.1) is 23.7 Å². The van der Waals surface area contributed by atoms with Crippen molar-refractivity contribution in [2.75, 3.05) is 55.4 Å². The summed E-state index contributed by atoms with van der Waals surface area (Å²) in [5.74, 6) is 13.0. The van der Waals surface area contributed by atoms with E-state index in [0.29, 0.717) is 0 Å². The van der Waals surface area contributed by atoms with Crippen molar-refractivity contribution in [1.29, 1.82) is 0 Å². The van der Waals surface area contributed by atoms with Crippen LogP contribution >= 0.6 is 0 Å². The minimum absolute atomic E-state index is 0.771. The topological polar surface area (TPSA) is 25.8 Å². The molecule has 26 heavy (non-hydrogen) atoms. The lowest BCUT2D eigenvalue weighted by molar-refractivity contribution is -0.862. The summed E-state index contributed by atoms with van der Waals surface area (Å²) in [7, 11) is 12.7. The number of rotatable bonds is 3. The van der Waals surface area contributed by atoms with E-state index >= 15 is 0 Å². The van der Waals surface area contributed by atoms with E-state index in [2.05, 4.69) is 75.9 Å². The van der Waals surface area contributed by atoms with Gasteiger partial charge in [-0.1, -0.05) is 11.8 Å². The summed E-state index contributed by atoms with van der Waals surface area (Å²) in [5.41, 5.74) is 3.34. The Hall–Kier alpha value is -2.66. The average molecular weight is 348 g/mol. The van der Waals surface area contributed by atoms with Crippen LogP contribution in [-0.2, 0) is 0 Å². The Morgan fingerprint density at radius 3 is 1.42 bits per heavy atom. The van der Waals surface area contributed by atoms with Crippen molar-refractivity contribution in [2.45, 2.75) is 0 Å². The van der Waals surface area contributed by atoms with E-state index in [-0.39, 0.29) is 0 Å². The Morgan fingerprint density at radius 1 is 0.692 bits per heavy atom. The molecule has 0 saturated heterocycles. The Kier molecular flexibility index (Phi) is 6.16. The molecule has 0 aromatic carbocycles. The quantitative estimate of drug-likeness (QED) is 0.628. The first-order valence-electron chi connectivity index (χ1n) is 8.65. The lowest BCUT2D eigenvalue weighted by atomic mass is 10.1. The molecule has 4 heteroatoms. The highest BCUT2D eigenvalue weighted by molar-refractivity contribution is 5.69. The summed E-state index contributed by atoms with van der Waals surface area (Å²) in [6.45, 7) is 1.54. The van der Waals surface area contributed by atoms with Gasteiger partial charge in [0.2, 0.25) is 0 Å². The van der Waals surface area contributed by atoms with Gasteiger partial charge in [0, 0.05) is 12.4 Å². The summed E-state index contributed by atoms with van der Waals surface area (Å²) in [4.78, 5) is 9.08. The lowest BCUT2D eigenvalue weighted by Gasteiger charge is -2.20. The maximum Gasteiger partial charge on any atom is 0.140 e. The SMILES string of the molecule is C[N+](C)(C)CC#Cc1cccnc1-c1ncccc1C#CC[N+](C)(C)C. The van der Waals surface area contributed by atoms with Crippen LogP contribution in [0.1, 0.15) is 11.1 Å². The monoisotopic (exact) mass is 348 g/mol. The molecule has 134 valence electrons. The van der Waals surface area contributed by atoms with Gasteiger partial charge in [-0.3, -0.25) is 9.97 Å². The summed E-state index contributed by atoms with van der Waals surface area (Å²) in [6.07, 6.45) is 3.55. The zero-order valence-electron chi connectivity index (χ0n) is 16.7. The van der Waals surface area contributed by atoms with Gasteiger partial charge in [-0.05, 0) is 36.1 Å². The molecule has 0 aliphatic heterocycles. The van der Waals surface area contributed by atoms with Crippen LogP contribution in [0.5, 0.6) is 0 Å². The van der Waals surface area contributed by atoms with E-state index < -0.39 is 0 Å². The second-order valence-electron chi connectivity index (χ2n) is 8.30. The molecule has 0 spiro atoms. The van der Waals surface area contributed by atoms with Crippen LogP contribution in [0.4, 0.5) is 0 Å². The maximum absolute atomic E-state index is 4.54. The van der Waals surface area contributed by atoms with Crippen LogP contribution in [0.2, 0.25) is 0 Å². The zero-order chi connectivity index (χ0) is 19.2. The Labute approximate surface area is 157 Å². The first-order valence-corrected chi connectivity index (χ1v) is 8.65. The van der Waals surface area contributed by atoms with Gasteiger partial charge in [-0.25, -0.2) is 0 Å². The van der Waals surface area contributed by atoms with Gasteiger partial charge >= 0.3 is 0 Å². The van der Waals surface area contributed by atoms with Crippen molar-refractivity contribution in [3.63, 3.8) is 0 Å². The zero-order valence-corrected chi connectivity index (χ0v) is 16.7. The first-order chi connectivity index (χ1) is 12.2. The number of nitrogens with zero attached hydrogens (tertiary/aromatic N) is 4. The normalized spacial score (nSPS) is 11.2. The standard InChI is InChI=1S/C22H28N4/c1-25(2,3)17-9-13-19-11-7-15-23-21(19)22-20(12-8-16-24-22)14-10-18-26(4,5)6/h7-8,11-12,15-16H,17-18H2,1-6H3/q+2. The third-order valence-electron chi connectivity index (χ3n) is 3.39. The molecule has 0 radical (unpaired) electrons. The van der Waals surface area contributed by atoms with Crippen molar-refractivity contribution in [2.24, 2.45) is 0 Å². The predicted molar refractivity (Wildman–Crippen MR) is 107 cm³/mol. The average Bonchev–Trinajstić information content (AvgIpc) is 2.54. The molecule has 0 bridgehead atoms. The molecule has 4 nitrogen and oxygen atoms in total. The number of pyridine rings is 2. The van der Waals surface area contributed by atoms with Crippen LogP contribution in [0.15, 0.2) is 36.7 Å². The molecule has 0 N–H and O–H groups in total. The van der Waals surface area contributed by atoms with E-state index in [1.807, 2.05) is 24.3 Å². The Morgan fingerprint density at radius 2 is 1.08 bits per heavy atom. The highest BCUT2D eigenvalue weighted by Crippen LogP contribution is 2.21. The van der Waals surface area contributed by atoms with E-state index in [1.165, 1.54) is 0 Å². The first kappa shape index (κ1) is 19.7. The van der Waals surface area contributed by atoms with Crippen molar-refractivity contribution in [3.05, 3.63) is 47.8 Å². The van der Waals surface area contributed by atoms with E-state index in [1.54, 1.807) is 12.4 Å². The fraction of sp³-hybridized carbons (Fsp3) is 0.364. The minimum Gasteiger partial charge on any atom is -0.321 e. The molecular weight excluding hydrogens is 320 g/mol. The molecule has 0 unspecified atom stereocenters. The van der Waals surface area contributed by atoms with Gasteiger partial charge in [-0.15, -0.1) is 0 Å². The lowest BCUT2D eigenvalue weighted by Crippen LogP contribution is -2.34. The van der Waals surface area contributed by atoms with Crippen molar-refractivity contribution in [3.8, 4) is 35.1 Å². The summed E-state index contributed by atoms with van der Waals surface area (Å²) in [5, 5.41) is 0. The third kappa shape index (κ3) is 6.33. The highest BCUT2D eigenvalue weighted by atomic mass is 15.3. The highest BCUT2D eigenvalue weighted by Gasteiger charge is 2.11. The van der Waals surface area contributed by atoms with Gasteiger partial charge in [0.1, 0.15) is 24.5 Å². The number of aromatic nitrogens is 2. The molecule has 2 aromatic rings. The summed E-state index contributed by atoms with van der Waals surface area (Å²) in [6, 6.07) is 7.79. The Balaban J connectivity index is 2.41. The van der Waals surface area contributed by atoms with Gasteiger partial charge in [0.05, 0.1) is 53.4 Å². The van der Waals surface area contributed by atoms with E-state index in [4.69, 9.17) is 0 Å². The molecule has 0 fully saturated rings. The van der Waals surface area contributed by atoms with Crippen molar-refractivity contribution in [1.82, 2.24) is 9.97 Å². The minimum atomic E-state index is 0.771. The van der Waals surface area contributed by atoms with Crippen molar-refractivity contribution >= 4 is 0 Å². The molecule has 2 rings (SSSR count). The smallest absolute Gasteiger partial charge is 0.140 e. The fourth-order valence-electron chi connectivity index (χ4n) is 2.13. The van der Waals surface area contributed by atoms with Crippen LogP contribution in [-0.4, -0.2) is 74.3 Å². The van der Waals surface area contributed by atoms with E-state index in [0.717, 1.165) is 44.6 Å². The van der Waals surface area contributed by atoms with Crippen LogP contribution in [0.25, 0.3) is 11.4 Å². The number of quaternary nitrogens is 2. The number of hydrogen-bond acceptors (Lipinski definition) is 2. The molecule has 2 heterocycles. The Bertz CT molecular complexity index is 803. The molecular formula is C22H28N4+2. The van der Waals surface area contributed by atoms with E-state index in [9.17, 15) is 0 Å². The van der Waals surface area contributed by atoms with Crippen LogP contribution in [0.3, 0.4) is 0 Å². The van der Waals surface area contributed by atoms with Gasteiger partial charge < -0.3 is 8.97 Å². The molecule has 0 atom stereocenters. The number of hydrogen-bond donors (Lipinski definition) is 0. The molecule has 0 saturated carbocycles. The summed E-state index contributed by atoms with van der Waals surface area (Å²) >= 11 is 0. The van der Waals surface area contributed by atoms with Gasteiger partial charge in [-0.2, -0.15) is 0 Å². The second kappa shape index (κ2) is 8.15. The molecule has 2 aromatic heterocycles. The third-order valence-corrected chi connectivity index (χ3v) is 3.39. The largest absolute Gasteiger partial charge is 0.321 e. The fourth-order valence-corrected chi connectivity index (χ4v) is 2.13. The molecule has 0 aliphatic rings. The maximum atomic E-state index is 4.54. The second-order valence-corrected chi connectivity index (χ2v) is 8.30. The van der Waals surface area contributed by atoms with Crippen LogP contribution < -0.4 is 0 Å². The molecule has 0 aliphatic carbocycles. The predicted octanol–water partition coefficient (Wildman–Crippen LogP) is 2.26. The summed E-state index contributed by atoms with van der Waals surface area (Å²) < 4.78 is 1.60. The molecule has 0 amide bonds. The van der Waals surface area contributed by atoms with Crippen molar-refractivity contribution < 1.29 is 8.97 Å². The van der Waals surface area contributed by atoms with Gasteiger partial charge in [0.15, 0.2) is 0 Å². The van der Waals surface area contributed by atoms with Gasteiger partial charge in [0.25, 0.3) is 0 Å².